The molecule has 0 atom stereocenters. The summed E-state index contributed by atoms with van der Waals surface area (Å²) in [6, 6.07) is 3.07. The lowest BCUT2D eigenvalue weighted by Crippen LogP contribution is -2.39. The van der Waals surface area contributed by atoms with Crippen LogP contribution in [0.15, 0.2) is 23.1 Å². The maximum Gasteiger partial charge on any atom is 0.238 e. The molecule has 1 aromatic rings. The number of likely N-dealkylation sites (tertiary alicyclic amines) is 1. The summed E-state index contributed by atoms with van der Waals surface area (Å²) in [7, 11) is -3.84. The molecule has 1 aromatic carbocycles. The van der Waals surface area contributed by atoms with Crippen LogP contribution < -0.4 is 5.73 Å². The van der Waals surface area contributed by atoms with E-state index in [4.69, 9.17) is 5.73 Å². The van der Waals surface area contributed by atoms with Gasteiger partial charge in [0, 0.05) is 13.1 Å². The third-order valence-corrected chi connectivity index (χ3v) is 5.00. The normalized spacial score (nSPS) is 16.1. The molecule has 0 radical (unpaired) electrons. The van der Waals surface area contributed by atoms with Crippen molar-refractivity contribution in [1.29, 1.82) is 0 Å². The predicted molar refractivity (Wildman–Crippen MR) is 73.3 cm³/mol. The summed E-state index contributed by atoms with van der Waals surface area (Å²) >= 11 is 0. The van der Waals surface area contributed by atoms with E-state index in [1.807, 2.05) is 0 Å². The van der Waals surface area contributed by atoms with Crippen molar-refractivity contribution < 1.29 is 17.6 Å². The number of rotatable bonds is 3. The van der Waals surface area contributed by atoms with Crippen LogP contribution in [0.4, 0.5) is 10.1 Å². The van der Waals surface area contributed by atoms with E-state index in [0.717, 1.165) is 37.5 Å². The number of carbonyl (C=O) groups excluding carboxylic acids is 1. The second kappa shape index (κ2) is 5.78. The van der Waals surface area contributed by atoms with Crippen LogP contribution in [0.1, 0.15) is 19.3 Å². The SMILES string of the molecule is Nc1cc(F)ccc1S(=O)(=O)CC(=O)N1CCCCC1. The second-order valence-electron chi connectivity index (χ2n) is 4.88. The first kappa shape index (κ1) is 14.8. The van der Waals surface area contributed by atoms with Gasteiger partial charge in [-0.2, -0.15) is 0 Å². The molecule has 0 aliphatic carbocycles. The number of nitrogens with two attached hydrogens (primary N) is 1. The van der Waals surface area contributed by atoms with Crippen LogP contribution in [0, 0.1) is 5.82 Å². The standard InChI is InChI=1S/C13H17FN2O3S/c14-10-4-5-12(11(15)8-10)20(18,19)9-13(17)16-6-2-1-3-7-16/h4-5,8H,1-3,6-7,9,15H2. The van der Waals surface area contributed by atoms with Crippen LogP contribution in [-0.2, 0) is 14.6 Å². The highest BCUT2D eigenvalue weighted by Gasteiger charge is 2.26. The number of piperidine rings is 1. The van der Waals surface area contributed by atoms with Gasteiger partial charge >= 0.3 is 0 Å². The van der Waals surface area contributed by atoms with E-state index in [9.17, 15) is 17.6 Å². The number of benzene rings is 1. The Labute approximate surface area is 117 Å². The topological polar surface area (TPSA) is 80.5 Å². The smallest absolute Gasteiger partial charge is 0.238 e. The van der Waals surface area contributed by atoms with Gasteiger partial charge in [0.25, 0.3) is 0 Å². The Kier molecular flexibility index (Phi) is 4.27. The summed E-state index contributed by atoms with van der Waals surface area (Å²) in [5.74, 6) is -1.65. The van der Waals surface area contributed by atoms with Gasteiger partial charge in [-0.25, -0.2) is 12.8 Å². The number of hydrogen-bond acceptors (Lipinski definition) is 4. The summed E-state index contributed by atoms with van der Waals surface area (Å²) in [5.41, 5.74) is 5.35. The molecule has 1 fully saturated rings. The Morgan fingerprint density at radius 1 is 1.25 bits per heavy atom. The Bertz CT molecular complexity index is 610. The van der Waals surface area contributed by atoms with Gasteiger partial charge in [0.1, 0.15) is 11.6 Å². The van der Waals surface area contributed by atoms with E-state index in [0.29, 0.717) is 13.1 Å². The van der Waals surface area contributed by atoms with Crippen LogP contribution in [-0.4, -0.2) is 38.1 Å². The lowest BCUT2D eigenvalue weighted by atomic mass is 10.1. The number of nitrogen functional groups attached to an aromatic ring is 1. The highest BCUT2D eigenvalue weighted by atomic mass is 32.2. The van der Waals surface area contributed by atoms with Crippen molar-refractivity contribution in [1.82, 2.24) is 4.90 Å². The van der Waals surface area contributed by atoms with Crippen LogP contribution in [0.2, 0.25) is 0 Å². The molecule has 2 rings (SSSR count). The largest absolute Gasteiger partial charge is 0.398 e. The molecule has 2 N–H and O–H groups in total. The van der Waals surface area contributed by atoms with Crippen molar-refractivity contribution >= 4 is 21.4 Å². The molecule has 1 aliphatic rings. The Morgan fingerprint density at radius 3 is 2.50 bits per heavy atom. The van der Waals surface area contributed by atoms with Gasteiger partial charge in [-0.15, -0.1) is 0 Å². The molecule has 5 nitrogen and oxygen atoms in total. The number of anilines is 1. The minimum Gasteiger partial charge on any atom is -0.398 e. The van der Waals surface area contributed by atoms with Crippen molar-refractivity contribution in [3.63, 3.8) is 0 Å². The molecular weight excluding hydrogens is 283 g/mol. The number of nitrogens with zero attached hydrogens (tertiary/aromatic N) is 1. The van der Waals surface area contributed by atoms with Gasteiger partial charge in [-0.1, -0.05) is 0 Å². The molecule has 0 aromatic heterocycles. The summed E-state index contributed by atoms with van der Waals surface area (Å²) < 4.78 is 37.3. The number of carbonyl (C=O) groups is 1. The van der Waals surface area contributed by atoms with E-state index in [1.165, 1.54) is 0 Å². The minimum atomic E-state index is -3.84. The Morgan fingerprint density at radius 2 is 1.90 bits per heavy atom. The average molecular weight is 300 g/mol. The minimum absolute atomic E-state index is 0.170. The maximum atomic E-state index is 12.9. The lowest BCUT2D eigenvalue weighted by molar-refractivity contribution is -0.129. The molecule has 1 heterocycles. The molecule has 7 heteroatoms. The van der Waals surface area contributed by atoms with E-state index in [-0.39, 0.29) is 10.6 Å². The molecule has 0 bridgehead atoms. The fraction of sp³-hybridized carbons (Fsp3) is 0.462. The van der Waals surface area contributed by atoms with Gasteiger partial charge < -0.3 is 10.6 Å². The van der Waals surface area contributed by atoms with Gasteiger partial charge in [0.2, 0.25) is 5.91 Å². The van der Waals surface area contributed by atoms with Gasteiger partial charge in [-0.3, -0.25) is 4.79 Å². The summed E-state index contributed by atoms with van der Waals surface area (Å²) in [6.45, 7) is 1.18. The monoisotopic (exact) mass is 300 g/mol. The molecule has 110 valence electrons. The zero-order valence-corrected chi connectivity index (χ0v) is 11.8. The Balaban J connectivity index is 2.16. The van der Waals surface area contributed by atoms with Crippen molar-refractivity contribution in [2.75, 3.05) is 24.6 Å². The molecule has 1 aliphatic heterocycles. The summed E-state index contributed by atoms with van der Waals surface area (Å²) in [5, 5.41) is 0. The molecule has 1 amide bonds. The maximum absolute atomic E-state index is 12.9. The number of hydrogen-bond donors (Lipinski definition) is 1. The van der Waals surface area contributed by atoms with Crippen molar-refractivity contribution in [2.45, 2.75) is 24.2 Å². The van der Waals surface area contributed by atoms with Crippen molar-refractivity contribution in [2.24, 2.45) is 0 Å². The zero-order valence-electron chi connectivity index (χ0n) is 11.0. The quantitative estimate of drug-likeness (QED) is 0.672. The predicted octanol–water partition coefficient (Wildman–Crippen LogP) is 1.19. The van der Waals surface area contributed by atoms with Crippen molar-refractivity contribution in [3.8, 4) is 0 Å². The number of amides is 1. The summed E-state index contributed by atoms with van der Waals surface area (Å²) in [6.07, 6.45) is 2.84. The average Bonchev–Trinajstić information content (AvgIpc) is 2.38. The Hall–Kier alpha value is -1.63. The highest BCUT2D eigenvalue weighted by Crippen LogP contribution is 2.21. The van der Waals surface area contributed by atoms with Crippen molar-refractivity contribution in [3.05, 3.63) is 24.0 Å². The fourth-order valence-corrected chi connectivity index (χ4v) is 3.63. The first-order valence-corrected chi connectivity index (χ1v) is 8.11. The van der Waals surface area contributed by atoms with Gasteiger partial charge in [0.05, 0.1) is 10.6 Å². The highest BCUT2D eigenvalue weighted by molar-refractivity contribution is 7.92. The zero-order chi connectivity index (χ0) is 14.8. The van der Waals surface area contributed by atoms with E-state index >= 15 is 0 Å². The fourth-order valence-electron chi connectivity index (χ4n) is 2.28. The molecular formula is C13H17FN2O3S. The van der Waals surface area contributed by atoms with Crippen LogP contribution >= 0.6 is 0 Å². The molecule has 0 saturated carbocycles. The van der Waals surface area contributed by atoms with Crippen LogP contribution in [0.3, 0.4) is 0 Å². The third kappa shape index (κ3) is 3.27. The van der Waals surface area contributed by atoms with E-state index < -0.39 is 27.3 Å². The number of sulfone groups is 1. The first-order chi connectivity index (χ1) is 9.40. The third-order valence-electron chi connectivity index (χ3n) is 3.33. The van der Waals surface area contributed by atoms with E-state index in [1.54, 1.807) is 4.90 Å². The van der Waals surface area contributed by atoms with E-state index in [2.05, 4.69) is 0 Å². The second-order valence-corrected chi connectivity index (χ2v) is 6.84. The molecule has 0 spiro atoms. The summed E-state index contributed by atoms with van der Waals surface area (Å²) in [4.78, 5) is 13.4. The molecule has 0 unspecified atom stereocenters. The first-order valence-electron chi connectivity index (χ1n) is 6.46. The van der Waals surface area contributed by atoms with Gasteiger partial charge in [-0.05, 0) is 37.5 Å². The molecule has 1 saturated heterocycles. The molecule has 20 heavy (non-hydrogen) atoms. The van der Waals surface area contributed by atoms with Gasteiger partial charge in [0.15, 0.2) is 9.84 Å². The number of halogens is 1. The van der Waals surface area contributed by atoms with Crippen LogP contribution in [0.5, 0.6) is 0 Å². The van der Waals surface area contributed by atoms with Crippen LogP contribution in [0.25, 0.3) is 0 Å². The lowest BCUT2D eigenvalue weighted by Gasteiger charge is -2.26.